The van der Waals surface area contributed by atoms with Crippen molar-refractivity contribution < 1.29 is 0 Å². The molecule has 3 heteroatoms. The third-order valence-electron chi connectivity index (χ3n) is 2.21. The van der Waals surface area contributed by atoms with Gasteiger partial charge in [0.1, 0.15) is 0 Å². The van der Waals surface area contributed by atoms with Crippen molar-refractivity contribution >= 4 is 27.3 Å². The van der Waals surface area contributed by atoms with Crippen LogP contribution in [0.5, 0.6) is 0 Å². The minimum Gasteiger partial charge on any atom is -0.298 e. The summed E-state index contributed by atoms with van der Waals surface area (Å²) in [4.78, 5) is 4.00. The summed E-state index contributed by atoms with van der Waals surface area (Å²) >= 11 is 5.33. The zero-order chi connectivity index (χ0) is 8.39. The Hall–Kier alpha value is 0.140. The predicted octanol–water partition coefficient (Wildman–Crippen LogP) is 3.11. The Morgan fingerprint density at radius 1 is 1.33 bits per heavy atom. The molecule has 0 unspecified atom stereocenters. The Morgan fingerprint density at radius 2 is 2.08 bits per heavy atom. The first-order chi connectivity index (χ1) is 5.84. The van der Waals surface area contributed by atoms with E-state index in [1.54, 1.807) is 0 Å². The molecule has 0 aromatic carbocycles. The predicted molar refractivity (Wildman–Crippen MR) is 56.5 cm³/mol. The average Bonchev–Trinajstić information content (AvgIpc) is 2.63. The van der Waals surface area contributed by atoms with Crippen LogP contribution in [-0.2, 0) is 6.54 Å². The fourth-order valence-electron chi connectivity index (χ4n) is 1.60. The molecule has 0 spiro atoms. The molecule has 1 saturated heterocycles. The summed E-state index contributed by atoms with van der Waals surface area (Å²) in [5, 5.41) is 0. The maximum absolute atomic E-state index is 3.48. The molecule has 1 aromatic rings. The second kappa shape index (κ2) is 3.90. The first-order valence-corrected chi connectivity index (χ1v) is 5.92. The van der Waals surface area contributed by atoms with Crippen molar-refractivity contribution in [1.82, 2.24) is 4.90 Å². The first kappa shape index (κ1) is 8.73. The highest BCUT2D eigenvalue weighted by Gasteiger charge is 2.12. The molecule has 0 bridgehead atoms. The van der Waals surface area contributed by atoms with Crippen LogP contribution in [0.25, 0.3) is 0 Å². The lowest BCUT2D eigenvalue weighted by molar-refractivity contribution is 0.334. The van der Waals surface area contributed by atoms with Crippen molar-refractivity contribution in [2.45, 2.75) is 19.4 Å². The molecule has 1 fully saturated rings. The summed E-state index contributed by atoms with van der Waals surface area (Å²) in [7, 11) is 0. The molecule has 1 aliphatic rings. The van der Waals surface area contributed by atoms with Crippen molar-refractivity contribution in [2.75, 3.05) is 13.1 Å². The van der Waals surface area contributed by atoms with Gasteiger partial charge in [0.2, 0.25) is 0 Å². The maximum atomic E-state index is 3.48. The van der Waals surface area contributed by atoms with Crippen LogP contribution in [0, 0.1) is 0 Å². The molecule has 0 N–H and O–H groups in total. The van der Waals surface area contributed by atoms with Gasteiger partial charge >= 0.3 is 0 Å². The Balaban J connectivity index is 1.94. The number of likely N-dealkylation sites (tertiary alicyclic amines) is 1. The highest BCUT2D eigenvalue weighted by Crippen LogP contribution is 2.24. The number of hydrogen-bond donors (Lipinski definition) is 0. The third-order valence-corrected chi connectivity index (χ3v) is 3.82. The van der Waals surface area contributed by atoms with Gasteiger partial charge in [-0.1, -0.05) is 0 Å². The smallest absolute Gasteiger partial charge is 0.0701 e. The molecule has 1 nitrogen and oxygen atoms in total. The largest absolute Gasteiger partial charge is 0.298 e. The molecule has 2 rings (SSSR count). The van der Waals surface area contributed by atoms with Gasteiger partial charge in [0, 0.05) is 11.4 Å². The van der Waals surface area contributed by atoms with Crippen LogP contribution >= 0.6 is 27.3 Å². The second-order valence-corrected chi connectivity index (χ2v) is 5.74. The minimum absolute atomic E-state index is 1.15. The molecule has 12 heavy (non-hydrogen) atoms. The zero-order valence-electron chi connectivity index (χ0n) is 6.92. The van der Waals surface area contributed by atoms with Gasteiger partial charge in [-0.15, -0.1) is 11.3 Å². The summed E-state index contributed by atoms with van der Waals surface area (Å²) in [5.41, 5.74) is 0. The molecular weight excluding hydrogens is 234 g/mol. The van der Waals surface area contributed by atoms with Crippen LogP contribution in [0.2, 0.25) is 0 Å². The van der Waals surface area contributed by atoms with Crippen molar-refractivity contribution in [3.05, 3.63) is 20.8 Å². The van der Waals surface area contributed by atoms with Crippen LogP contribution in [0.15, 0.2) is 15.9 Å². The first-order valence-electron chi connectivity index (χ1n) is 4.31. The Labute approximate surface area is 85.5 Å². The van der Waals surface area contributed by atoms with Gasteiger partial charge in [-0.25, -0.2) is 0 Å². The molecule has 1 aromatic heterocycles. The average molecular weight is 246 g/mol. The molecule has 66 valence electrons. The third kappa shape index (κ3) is 2.09. The van der Waals surface area contributed by atoms with Gasteiger partial charge in [0.25, 0.3) is 0 Å². The van der Waals surface area contributed by atoms with E-state index in [0.717, 1.165) is 6.54 Å². The van der Waals surface area contributed by atoms with E-state index in [4.69, 9.17) is 0 Å². The van der Waals surface area contributed by atoms with Crippen molar-refractivity contribution in [2.24, 2.45) is 0 Å². The minimum atomic E-state index is 1.15. The summed E-state index contributed by atoms with van der Waals surface area (Å²) in [6, 6.07) is 4.35. The number of nitrogens with zero attached hydrogens (tertiary/aromatic N) is 1. The summed E-state index contributed by atoms with van der Waals surface area (Å²) in [5.74, 6) is 0. The SMILES string of the molecule is Brc1ccc(CN2CCCC2)s1. The lowest BCUT2D eigenvalue weighted by Crippen LogP contribution is -2.17. The molecule has 0 saturated carbocycles. The fraction of sp³-hybridized carbons (Fsp3) is 0.556. The molecule has 0 amide bonds. The van der Waals surface area contributed by atoms with Crippen molar-refractivity contribution in [3.8, 4) is 0 Å². The number of halogens is 1. The Morgan fingerprint density at radius 3 is 2.67 bits per heavy atom. The van der Waals surface area contributed by atoms with E-state index in [2.05, 4.69) is 33.0 Å². The summed E-state index contributed by atoms with van der Waals surface area (Å²) < 4.78 is 1.25. The van der Waals surface area contributed by atoms with Gasteiger partial charge in [0.05, 0.1) is 3.79 Å². The van der Waals surface area contributed by atoms with E-state index < -0.39 is 0 Å². The lowest BCUT2D eigenvalue weighted by Gasteiger charge is -2.12. The van der Waals surface area contributed by atoms with Crippen LogP contribution in [0.1, 0.15) is 17.7 Å². The molecule has 1 aliphatic heterocycles. The van der Waals surface area contributed by atoms with E-state index >= 15 is 0 Å². The van der Waals surface area contributed by atoms with Gasteiger partial charge in [0.15, 0.2) is 0 Å². The van der Waals surface area contributed by atoms with E-state index in [0.29, 0.717) is 0 Å². The monoisotopic (exact) mass is 245 g/mol. The molecule has 0 radical (unpaired) electrons. The van der Waals surface area contributed by atoms with Gasteiger partial charge in [-0.05, 0) is 54.0 Å². The standard InChI is InChI=1S/C9H12BrNS/c10-9-4-3-8(12-9)7-11-5-1-2-6-11/h3-4H,1-2,5-7H2. The quantitative estimate of drug-likeness (QED) is 0.775. The van der Waals surface area contributed by atoms with Crippen molar-refractivity contribution in [1.29, 1.82) is 0 Å². The number of rotatable bonds is 2. The zero-order valence-corrected chi connectivity index (χ0v) is 9.33. The van der Waals surface area contributed by atoms with E-state index in [9.17, 15) is 0 Å². The van der Waals surface area contributed by atoms with Crippen LogP contribution < -0.4 is 0 Å². The molecule has 0 atom stereocenters. The van der Waals surface area contributed by atoms with Gasteiger partial charge in [-0.3, -0.25) is 4.90 Å². The van der Waals surface area contributed by atoms with Crippen LogP contribution in [0.3, 0.4) is 0 Å². The van der Waals surface area contributed by atoms with E-state index in [1.165, 1.54) is 34.6 Å². The van der Waals surface area contributed by atoms with Gasteiger partial charge in [-0.2, -0.15) is 0 Å². The molecule has 0 aliphatic carbocycles. The highest BCUT2D eigenvalue weighted by atomic mass is 79.9. The van der Waals surface area contributed by atoms with Crippen LogP contribution in [-0.4, -0.2) is 18.0 Å². The Bertz CT molecular complexity index is 253. The summed E-state index contributed by atoms with van der Waals surface area (Å²) in [6.07, 6.45) is 2.76. The number of hydrogen-bond acceptors (Lipinski definition) is 2. The highest BCUT2D eigenvalue weighted by molar-refractivity contribution is 9.11. The lowest BCUT2D eigenvalue weighted by atomic mass is 10.4. The van der Waals surface area contributed by atoms with Crippen molar-refractivity contribution in [3.63, 3.8) is 0 Å². The number of thiophene rings is 1. The van der Waals surface area contributed by atoms with E-state index in [1.807, 2.05) is 11.3 Å². The second-order valence-electron chi connectivity index (χ2n) is 3.19. The Kier molecular flexibility index (Phi) is 2.84. The van der Waals surface area contributed by atoms with E-state index in [-0.39, 0.29) is 0 Å². The normalized spacial score (nSPS) is 18.8. The van der Waals surface area contributed by atoms with Crippen LogP contribution in [0.4, 0.5) is 0 Å². The maximum Gasteiger partial charge on any atom is 0.0701 e. The molecular formula is C9H12BrNS. The topological polar surface area (TPSA) is 3.24 Å². The summed E-state index contributed by atoms with van der Waals surface area (Å²) in [6.45, 7) is 3.72. The van der Waals surface area contributed by atoms with Gasteiger partial charge < -0.3 is 0 Å². The molecule has 2 heterocycles. The fourth-order valence-corrected chi connectivity index (χ4v) is 3.12.